The SMILES string of the molecule is CC(Br)C(=O)c1cccc(Br)c1N. The Kier molecular flexibility index (Phi) is 3.50. The first-order valence-corrected chi connectivity index (χ1v) is 5.47. The van der Waals surface area contributed by atoms with Crippen molar-refractivity contribution in [1.29, 1.82) is 0 Å². The highest BCUT2D eigenvalue weighted by atomic mass is 79.9. The van der Waals surface area contributed by atoms with Crippen LogP contribution in [0.2, 0.25) is 0 Å². The fourth-order valence-corrected chi connectivity index (χ4v) is 1.58. The lowest BCUT2D eigenvalue weighted by molar-refractivity contribution is 0.0996. The maximum atomic E-state index is 11.6. The fourth-order valence-electron chi connectivity index (χ4n) is 0.966. The standard InChI is InChI=1S/C9H9Br2NO/c1-5(10)9(13)6-3-2-4-7(11)8(6)12/h2-5H,12H2,1H3. The van der Waals surface area contributed by atoms with Gasteiger partial charge in [0, 0.05) is 10.0 Å². The number of nitrogen functional groups attached to an aromatic ring is 1. The van der Waals surface area contributed by atoms with Crippen molar-refractivity contribution >= 4 is 43.3 Å². The highest BCUT2D eigenvalue weighted by Gasteiger charge is 2.15. The van der Waals surface area contributed by atoms with Crippen LogP contribution in [0, 0.1) is 0 Å². The van der Waals surface area contributed by atoms with Gasteiger partial charge in [-0.3, -0.25) is 4.79 Å². The van der Waals surface area contributed by atoms with Crippen LogP contribution in [0.4, 0.5) is 5.69 Å². The quantitative estimate of drug-likeness (QED) is 0.518. The Morgan fingerprint density at radius 2 is 2.15 bits per heavy atom. The number of ketones is 1. The van der Waals surface area contributed by atoms with Crippen LogP contribution in [0.25, 0.3) is 0 Å². The second-order valence-electron chi connectivity index (χ2n) is 2.68. The van der Waals surface area contributed by atoms with Gasteiger partial charge in [-0.05, 0) is 35.0 Å². The molecular weight excluding hydrogens is 298 g/mol. The number of benzene rings is 1. The third-order valence-corrected chi connectivity index (χ3v) is 2.79. The van der Waals surface area contributed by atoms with Crippen LogP contribution >= 0.6 is 31.9 Å². The molecule has 0 amide bonds. The second-order valence-corrected chi connectivity index (χ2v) is 4.91. The first-order chi connectivity index (χ1) is 6.04. The van der Waals surface area contributed by atoms with Gasteiger partial charge in [0.25, 0.3) is 0 Å². The number of para-hydroxylation sites is 1. The minimum absolute atomic E-state index is 0.00111. The van der Waals surface area contributed by atoms with E-state index in [1.807, 2.05) is 6.07 Å². The van der Waals surface area contributed by atoms with Crippen molar-refractivity contribution in [2.75, 3.05) is 5.73 Å². The predicted octanol–water partition coefficient (Wildman–Crippen LogP) is 3.00. The molecular formula is C9H9Br2NO. The fraction of sp³-hybridized carbons (Fsp3) is 0.222. The van der Waals surface area contributed by atoms with Crippen LogP contribution in [0.5, 0.6) is 0 Å². The predicted molar refractivity (Wildman–Crippen MR) is 61.3 cm³/mol. The summed E-state index contributed by atoms with van der Waals surface area (Å²) in [7, 11) is 0. The first-order valence-electron chi connectivity index (χ1n) is 3.76. The van der Waals surface area contributed by atoms with E-state index < -0.39 is 0 Å². The van der Waals surface area contributed by atoms with Crippen molar-refractivity contribution in [2.45, 2.75) is 11.8 Å². The number of hydrogen-bond donors (Lipinski definition) is 1. The van der Waals surface area contributed by atoms with Crippen LogP contribution in [-0.4, -0.2) is 10.6 Å². The Morgan fingerprint density at radius 3 is 2.69 bits per heavy atom. The molecule has 2 N–H and O–H groups in total. The summed E-state index contributed by atoms with van der Waals surface area (Å²) < 4.78 is 0.756. The molecule has 1 atom stereocenters. The number of hydrogen-bond acceptors (Lipinski definition) is 2. The summed E-state index contributed by atoms with van der Waals surface area (Å²) >= 11 is 6.49. The Bertz CT molecular complexity index is 336. The Labute approximate surface area is 93.8 Å². The number of carbonyl (C=O) groups is 1. The highest BCUT2D eigenvalue weighted by Crippen LogP contribution is 2.25. The molecule has 0 fully saturated rings. The largest absolute Gasteiger partial charge is 0.397 e. The van der Waals surface area contributed by atoms with Gasteiger partial charge < -0.3 is 5.73 Å². The molecule has 1 aromatic rings. The van der Waals surface area contributed by atoms with Gasteiger partial charge in [-0.15, -0.1) is 0 Å². The molecule has 0 aliphatic rings. The monoisotopic (exact) mass is 305 g/mol. The van der Waals surface area contributed by atoms with Crippen LogP contribution in [0.1, 0.15) is 17.3 Å². The van der Waals surface area contributed by atoms with Gasteiger partial charge in [-0.1, -0.05) is 22.0 Å². The average Bonchev–Trinajstić information content (AvgIpc) is 2.08. The minimum atomic E-state index is -0.205. The molecule has 0 aromatic heterocycles. The van der Waals surface area contributed by atoms with Gasteiger partial charge in [0.05, 0.1) is 10.5 Å². The van der Waals surface area contributed by atoms with Gasteiger partial charge in [-0.2, -0.15) is 0 Å². The molecule has 0 heterocycles. The number of carbonyl (C=O) groups excluding carboxylic acids is 1. The van der Waals surface area contributed by atoms with Crippen LogP contribution in [0.3, 0.4) is 0 Å². The molecule has 1 rings (SSSR count). The molecule has 0 saturated carbocycles. The van der Waals surface area contributed by atoms with E-state index in [1.54, 1.807) is 19.1 Å². The molecule has 1 aromatic carbocycles. The summed E-state index contributed by atoms with van der Waals surface area (Å²) in [5.74, 6) is -0.00111. The molecule has 4 heteroatoms. The molecule has 1 unspecified atom stereocenters. The Hall–Kier alpha value is -0.350. The van der Waals surface area contributed by atoms with Crippen LogP contribution in [0.15, 0.2) is 22.7 Å². The summed E-state index contributed by atoms with van der Waals surface area (Å²) in [6.07, 6.45) is 0. The number of Topliss-reactive ketones (excluding diaryl/α,β-unsaturated/α-hetero) is 1. The molecule has 0 bridgehead atoms. The lowest BCUT2D eigenvalue weighted by Crippen LogP contribution is -2.12. The van der Waals surface area contributed by atoms with E-state index in [0.29, 0.717) is 11.3 Å². The lowest BCUT2D eigenvalue weighted by Gasteiger charge is -2.07. The highest BCUT2D eigenvalue weighted by molar-refractivity contribution is 9.10. The Morgan fingerprint density at radius 1 is 1.54 bits per heavy atom. The number of alkyl halides is 1. The second kappa shape index (κ2) is 4.24. The molecule has 0 spiro atoms. The van der Waals surface area contributed by atoms with Gasteiger partial charge in [0.15, 0.2) is 5.78 Å². The minimum Gasteiger partial charge on any atom is -0.397 e. The van der Waals surface area contributed by atoms with Gasteiger partial charge in [0.2, 0.25) is 0 Å². The van der Waals surface area contributed by atoms with Crippen molar-refractivity contribution in [3.05, 3.63) is 28.2 Å². The van der Waals surface area contributed by atoms with E-state index in [2.05, 4.69) is 31.9 Å². The summed E-state index contributed by atoms with van der Waals surface area (Å²) in [6, 6.07) is 5.33. The zero-order chi connectivity index (χ0) is 10.0. The van der Waals surface area contributed by atoms with Crippen molar-refractivity contribution in [3.8, 4) is 0 Å². The molecule has 0 aliphatic carbocycles. The maximum Gasteiger partial charge on any atom is 0.178 e. The number of anilines is 1. The van der Waals surface area contributed by atoms with E-state index in [1.165, 1.54) is 0 Å². The van der Waals surface area contributed by atoms with Gasteiger partial charge in [0.1, 0.15) is 0 Å². The molecule has 0 saturated heterocycles. The Balaban J connectivity index is 3.15. The average molecular weight is 307 g/mol. The topological polar surface area (TPSA) is 43.1 Å². The molecule has 13 heavy (non-hydrogen) atoms. The van der Waals surface area contributed by atoms with E-state index in [9.17, 15) is 4.79 Å². The van der Waals surface area contributed by atoms with Gasteiger partial charge in [-0.25, -0.2) is 0 Å². The van der Waals surface area contributed by atoms with Gasteiger partial charge >= 0.3 is 0 Å². The molecule has 0 radical (unpaired) electrons. The van der Waals surface area contributed by atoms with Crippen molar-refractivity contribution in [3.63, 3.8) is 0 Å². The number of nitrogens with two attached hydrogens (primary N) is 1. The number of rotatable bonds is 2. The summed E-state index contributed by atoms with van der Waals surface area (Å²) in [6.45, 7) is 1.78. The van der Waals surface area contributed by atoms with Crippen molar-refractivity contribution in [1.82, 2.24) is 0 Å². The lowest BCUT2D eigenvalue weighted by atomic mass is 10.1. The summed E-state index contributed by atoms with van der Waals surface area (Å²) in [5, 5.41) is 0. The zero-order valence-electron chi connectivity index (χ0n) is 7.05. The molecule has 0 aliphatic heterocycles. The summed E-state index contributed by atoms with van der Waals surface area (Å²) in [5.41, 5.74) is 6.79. The van der Waals surface area contributed by atoms with Crippen molar-refractivity contribution < 1.29 is 4.79 Å². The number of halogens is 2. The van der Waals surface area contributed by atoms with E-state index in [-0.39, 0.29) is 10.6 Å². The third kappa shape index (κ3) is 2.31. The third-order valence-electron chi connectivity index (χ3n) is 1.68. The summed E-state index contributed by atoms with van der Waals surface area (Å²) in [4.78, 5) is 11.4. The first kappa shape index (κ1) is 10.7. The normalized spacial score (nSPS) is 12.5. The van der Waals surface area contributed by atoms with Crippen LogP contribution < -0.4 is 5.73 Å². The zero-order valence-corrected chi connectivity index (χ0v) is 10.2. The molecule has 2 nitrogen and oxygen atoms in total. The molecule has 70 valence electrons. The van der Waals surface area contributed by atoms with E-state index in [0.717, 1.165) is 4.47 Å². The van der Waals surface area contributed by atoms with E-state index in [4.69, 9.17) is 5.73 Å². The maximum absolute atomic E-state index is 11.6. The van der Waals surface area contributed by atoms with Crippen LogP contribution in [-0.2, 0) is 0 Å². The smallest absolute Gasteiger partial charge is 0.178 e. The van der Waals surface area contributed by atoms with Crippen molar-refractivity contribution in [2.24, 2.45) is 0 Å². The van der Waals surface area contributed by atoms with E-state index >= 15 is 0 Å².